The van der Waals surface area contributed by atoms with E-state index in [2.05, 4.69) is 20.9 Å². The van der Waals surface area contributed by atoms with E-state index in [4.69, 9.17) is 0 Å². The van der Waals surface area contributed by atoms with Crippen LogP contribution in [0.1, 0.15) is 16.1 Å². The molecule has 0 aliphatic rings. The fraction of sp³-hybridized carbons (Fsp3) is 0.143. The van der Waals surface area contributed by atoms with Gasteiger partial charge in [-0.1, -0.05) is 34.1 Å². The van der Waals surface area contributed by atoms with Crippen molar-refractivity contribution in [1.29, 1.82) is 0 Å². The highest BCUT2D eigenvalue weighted by Crippen LogP contribution is 2.26. The third-order valence-electron chi connectivity index (χ3n) is 3.17. The lowest BCUT2D eigenvalue weighted by Gasteiger charge is -2.18. The maximum Gasteiger partial charge on any atom is 0.356 e. The minimum Gasteiger partial charge on any atom is -0.476 e. The van der Waals surface area contributed by atoms with Crippen molar-refractivity contribution in [1.82, 2.24) is 9.38 Å². The number of carboxylic acids is 1. The van der Waals surface area contributed by atoms with Crippen LogP contribution < -0.4 is 4.90 Å². The molecule has 21 heavy (non-hydrogen) atoms. The summed E-state index contributed by atoms with van der Waals surface area (Å²) >= 11 is 4.92. The van der Waals surface area contributed by atoms with Gasteiger partial charge in [-0.15, -0.1) is 11.3 Å². The highest BCUT2D eigenvalue weighted by molar-refractivity contribution is 9.10. The molecule has 2 aromatic heterocycles. The van der Waals surface area contributed by atoms with Crippen LogP contribution in [0.25, 0.3) is 4.96 Å². The number of thiazole rings is 1. The van der Waals surface area contributed by atoms with E-state index in [0.29, 0.717) is 17.3 Å². The summed E-state index contributed by atoms with van der Waals surface area (Å²) in [4.78, 5) is 18.5. The predicted molar refractivity (Wildman–Crippen MR) is 86.3 cm³/mol. The monoisotopic (exact) mass is 365 g/mol. The first-order valence-corrected chi connectivity index (χ1v) is 7.88. The lowest BCUT2D eigenvalue weighted by atomic mass is 10.2. The zero-order valence-corrected chi connectivity index (χ0v) is 13.6. The van der Waals surface area contributed by atoms with Crippen LogP contribution in [0.3, 0.4) is 0 Å². The van der Waals surface area contributed by atoms with Crippen molar-refractivity contribution in [3.05, 3.63) is 51.6 Å². The van der Waals surface area contributed by atoms with Gasteiger partial charge in [-0.25, -0.2) is 9.78 Å². The molecule has 1 aromatic carbocycles. The fourth-order valence-electron chi connectivity index (χ4n) is 2.20. The Morgan fingerprint density at radius 3 is 2.95 bits per heavy atom. The molecule has 3 aromatic rings. The molecule has 0 bridgehead atoms. The Morgan fingerprint density at radius 2 is 2.24 bits per heavy atom. The predicted octanol–water partition coefficient (Wildman–Crippen LogP) is 3.49. The van der Waals surface area contributed by atoms with Crippen molar-refractivity contribution < 1.29 is 9.90 Å². The average molecular weight is 366 g/mol. The van der Waals surface area contributed by atoms with Crippen molar-refractivity contribution in [2.24, 2.45) is 0 Å². The van der Waals surface area contributed by atoms with Crippen molar-refractivity contribution in [3.63, 3.8) is 0 Å². The maximum absolute atomic E-state index is 11.5. The Hall–Kier alpha value is -1.86. The Kier molecular flexibility index (Phi) is 3.69. The summed E-state index contributed by atoms with van der Waals surface area (Å²) in [6.07, 6.45) is 1.73. The fourth-order valence-corrected chi connectivity index (χ4v) is 3.32. The Bertz CT molecular complexity index is 812. The Labute approximate surface area is 133 Å². The molecule has 0 aliphatic heterocycles. The third kappa shape index (κ3) is 2.54. The van der Waals surface area contributed by atoms with Crippen LogP contribution in [0.2, 0.25) is 0 Å². The summed E-state index contributed by atoms with van der Waals surface area (Å²) in [6, 6.07) is 7.87. The SMILES string of the molecule is CN(Cc1ccccc1Br)c1nc2sccn2c1C(=O)O. The number of halogens is 1. The molecule has 0 spiro atoms. The zero-order valence-electron chi connectivity index (χ0n) is 11.2. The van der Waals surface area contributed by atoms with E-state index in [0.717, 1.165) is 10.0 Å². The van der Waals surface area contributed by atoms with E-state index >= 15 is 0 Å². The van der Waals surface area contributed by atoms with Gasteiger partial charge in [0, 0.05) is 29.6 Å². The minimum atomic E-state index is -0.977. The van der Waals surface area contributed by atoms with Crippen LogP contribution in [-0.2, 0) is 6.54 Å². The first-order valence-electron chi connectivity index (χ1n) is 6.21. The summed E-state index contributed by atoms with van der Waals surface area (Å²) in [7, 11) is 1.85. The van der Waals surface area contributed by atoms with E-state index in [9.17, 15) is 9.90 Å². The van der Waals surface area contributed by atoms with Gasteiger partial charge in [0.1, 0.15) is 0 Å². The van der Waals surface area contributed by atoms with Gasteiger partial charge in [0.2, 0.25) is 0 Å². The molecule has 0 fully saturated rings. The molecule has 0 atom stereocenters. The van der Waals surface area contributed by atoms with E-state index in [-0.39, 0.29) is 5.69 Å². The molecule has 5 nitrogen and oxygen atoms in total. The molecule has 108 valence electrons. The van der Waals surface area contributed by atoms with Gasteiger partial charge in [-0.05, 0) is 11.6 Å². The maximum atomic E-state index is 11.5. The summed E-state index contributed by atoms with van der Waals surface area (Å²) in [5.74, 6) is -0.500. The van der Waals surface area contributed by atoms with Crippen LogP contribution in [-0.4, -0.2) is 27.5 Å². The first-order chi connectivity index (χ1) is 10.1. The van der Waals surface area contributed by atoms with Gasteiger partial charge >= 0.3 is 5.97 Å². The van der Waals surface area contributed by atoms with Crippen LogP contribution in [0.15, 0.2) is 40.3 Å². The van der Waals surface area contributed by atoms with Gasteiger partial charge in [-0.3, -0.25) is 4.40 Å². The Morgan fingerprint density at radius 1 is 1.48 bits per heavy atom. The number of nitrogens with zero attached hydrogens (tertiary/aromatic N) is 3. The number of benzene rings is 1. The molecular weight excluding hydrogens is 354 g/mol. The second kappa shape index (κ2) is 5.50. The Balaban J connectivity index is 2.00. The van der Waals surface area contributed by atoms with Gasteiger partial charge < -0.3 is 10.0 Å². The molecule has 3 rings (SSSR count). The van der Waals surface area contributed by atoms with Gasteiger partial charge in [0.25, 0.3) is 0 Å². The number of hydrogen-bond acceptors (Lipinski definition) is 4. The van der Waals surface area contributed by atoms with Gasteiger partial charge in [0.05, 0.1) is 0 Å². The van der Waals surface area contributed by atoms with Crippen molar-refractivity contribution in [2.45, 2.75) is 6.54 Å². The van der Waals surface area contributed by atoms with Crippen LogP contribution in [0.4, 0.5) is 5.82 Å². The lowest BCUT2D eigenvalue weighted by Crippen LogP contribution is -2.20. The first kappa shape index (κ1) is 14.1. The van der Waals surface area contributed by atoms with Crippen LogP contribution in [0, 0.1) is 0 Å². The quantitative estimate of drug-likeness (QED) is 0.768. The molecule has 2 heterocycles. The highest BCUT2D eigenvalue weighted by Gasteiger charge is 2.22. The molecular formula is C14H12BrN3O2S. The summed E-state index contributed by atoms with van der Waals surface area (Å²) in [5.41, 5.74) is 1.27. The van der Waals surface area contributed by atoms with E-state index in [1.165, 1.54) is 11.3 Å². The summed E-state index contributed by atoms with van der Waals surface area (Å²) in [6.45, 7) is 0.576. The van der Waals surface area contributed by atoms with Gasteiger partial charge in [-0.2, -0.15) is 0 Å². The molecule has 0 saturated heterocycles. The average Bonchev–Trinajstić information content (AvgIpc) is 3.00. The number of hydrogen-bond donors (Lipinski definition) is 1. The van der Waals surface area contributed by atoms with E-state index in [1.54, 1.807) is 10.6 Å². The number of imidazole rings is 1. The number of carbonyl (C=O) groups is 1. The zero-order chi connectivity index (χ0) is 15.0. The molecule has 0 saturated carbocycles. The van der Waals surface area contributed by atoms with E-state index < -0.39 is 5.97 Å². The molecule has 1 N–H and O–H groups in total. The van der Waals surface area contributed by atoms with Gasteiger partial charge in [0.15, 0.2) is 16.5 Å². The highest BCUT2D eigenvalue weighted by atomic mass is 79.9. The second-order valence-corrected chi connectivity index (χ2v) is 6.32. The standard InChI is InChI=1S/C14H12BrN3O2S/c1-17(8-9-4-2-3-5-10(9)15)12-11(13(19)20)18-6-7-21-14(18)16-12/h2-7H,8H2,1H3,(H,19,20). The molecule has 0 aliphatic carbocycles. The molecule has 0 radical (unpaired) electrons. The summed E-state index contributed by atoms with van der Waals surface area (Å²) in [5, 5.41) is 11.3. The number of anilines is 1. The second-order valence-electron chi connectivity index (χ2n) is 4.59. The largest absolute Gasteiger partial charge is 0.476 e. The number of aromatic carboxylic acids is 1. The lowest BCUT2D eigenvalue weighted by molar-refractivity contribution is 0.0690. The third-order valence-corrected chi connectivity index (χ3v) is 4.70. The van der Waals surface area contributed by atoms with Crippen LogP contribution >= 0.6 is 27.3 Å². The number of rotatable bonds is 4. The van der Waals surface area contributed by atoms with Crippen molar-refractivity contribution in [3.8, 4) is 0 Å². The normalized spacial score (nSPS) is 11.0. The molecule has 7 heteroatoms. The summed E-state index contributed by atoms with van der Waals surface area (Å²) < 4.78 is 2.61. The number of aromatic nitrogens is 2. The smallest absolute Gasteiger partial charge is 0.356 e. The van der Waals surface area contributed by atoms with Crippen LogP contribution in [0.5, 0.6) is 0 Å². The molecule has 0 unspecified atom stereocenters. The molecule has 0 amide bonds. The topological polar surface area (TPSA) is 57.8 Å². The van der Waals surface area contributed by atoms with Crippen molar-refractivity contribution >= 4 is 44.0 Å². The van der Waals surface area contributed by atoms with Crippen molar-refractivity contribution in [2.75, 3.05) is 11.9 Å². The van der Waals surface area contributed by atoms with E-state index in [1.807, 2.05) is 41.6 Å². The number of carboxylic acid groups (broad SMARTS) is 1. The minimum absolute atomic E-state index is 0.195. The number of fused-ring (bicyclic) bond motifs is 1.